The molecule has 1 aliphatic rings. The predicted molar refractivity (Wildman–Crippen MR) is 128 cm³/mol. The number of hydrogen-bond acceptors (Lipinski definition) is 4. The topological polar surface area (TPSA) is 59.1 Å². The van der Waals surface area contributed by atoms with Crippen LogP contribution in [0.4, 0.5) is 10.1 Å². The largest absolute Gasteiger partial charge is 0.487 e. The summed E-state index contributed by atoms with van der Waals surface area (Å²) in [6.07, 6.45) is 2.64. The third-order valence-corrected chi connectivity index (χ3v) is 6.94. The van der Waals surface area contributed by atoms with E-state index >= 15 is 0 Å². The molecule has 3 aromatic carbocycles. The van der Waals surface area contributed by atoms with Crippen LogP contribution in [-0.2, 0) is 28.2 Å². The second-order valence-corrected chi connectivity index (χ2v) is 9.96. The van der Waals surface area contributed by atoms with Gasteiger partial charge in [-0.25, -0.2) is 13.0 Å². The summed E-state index contributed by atoms with van der Waals surface area (Å²) in [4.78, 5) is 0. The first kappa shape index (κ1) is 22.6. The molecule has 9 heteroatoms. The maximum Gasteiger partial charge on any atom is 0.332 e. The van der Waals surface area contributed by atoms with E-state index in [9.17, 15) is 12.8 Å². The van der Waals surface area contributed by atoms with Crippen molar-refractivity contribution in [2.24, 2.45) is 0 Å². The van der Waals surface area contributed by atoms with Crippen molar-refractivity contribution in [2.45, 2.75) is 13.2 Å². The zero-order valence-electron chi connectivity index (χ0n) is 16.9. The summed E-state index contributed by atoms with van der Waals surface area (Å²) in [7, 11) is -4.07. The Balaban J connectivity index is 1.52. The monoisotopic (exact) mass is 566 g/mol. The lowest BCUT2D eigenvalue weighted by molar-refractivity contribution is 0.0772. The van der Waals surface area contributed by atoms with Gasteiger partial charge in [-0.05, 0) is 45.9 Å². The van der Waals surface area contributed by atoms with Crippen molar-refractivity contribution >= 4 is 38.5 Å². The van der Waals surface area contributed by atoms with Gasteiger partial charge in [0, 0.05) is 16.0 Å². The van der Waals surface area contributed by atoms with Gasteiger partial charge in [-0.2, -0.15) is 8.42 Å². The van der Waals surface area contributed by atoms with Crippen LogP contribution in [0, 0.1) is 9.39 Å². The number of hydrogen-bond donors (Lipinski definition) is 0. The van der Waals surface area contributed by atoms with Crippen molar-refractivity contribution < 1.29 is 22.3 Å². The number of nitrogens with zero attached hydrogens (tertiary/aromatic N) is 2. The molecule has 0 saturated heterocycles. The van der Waals surface area contributed by atoms with Crippen molar-refractivity contribution in [1.82, 2.24) is 4.31 Å². The van der Waals surface area contributed by atoms with Gasteiger partial charge in [-0.1, -0.05) is 60.7 Å². The minimum atomic E-state index is -4.07. The average Bonchev–Trinajstić information content (AvgIpc) is 3.07. The Labute approximate surface area is 200 Å². The summed E-state index contributed by atoms with van der Waals surface area (Å²) in [5.41, 5.74) is 1.64. The molecule has 1 heterocycles. The Morgan fingerprint density at radius 2 is 1.50 bits per heavy atom. The van der Waals surface area contributed by atoms with Crippen LogP contribution in [0.1, 0.15) is 11.1 Å². The zero-order chi connectivity index (χ0) is 22.6. The zero-order valence-corrected chi connectivity index (χ0v) is 19.9. The SMILES string of the molecule is O=S1(=O)N(COCc2ccccc2)C=CN1c1c(F)cc(I)cc1OCc1ccccc1. The highest BCUT2D eigenvalue weighted by atomic mass is 127. The fraction of sp³-hybridized carbons (Fsp3) is 0.130. The van der Waals surface area contributed by atoms with E-state index in [4.69, 9.17) is 9.47 Å². The molecule has 0 aromatic heterocycles. The Bertz CT molecular complexity index is 1210. The molecule has 4 rings (SSSR count). The molecule has 0 saturated carbocycles. The summed E-state index contributed by atoms with van der Waals surface area (Å²) < 4.78 is 55.0. The summed E-state index contributed by atoms with van der Waals surface area (Å²) in [6, 6.07) is 21.7. The second-order valence-electron chi connectivity index (χ2n) is 6.96. The standard InChI is InChI=1S/C23H20FIN2O4S/c24-21-13-20(25)14-22(31-16-19-9-5-2-6-10-19)23(21)27-12-11-26(32(27,28)29)17-30-15-18-7-3-1-4-8-18/h1-14H,15-17H2. The molecule has 0 amide bonds. The highest BCUT2D eigenvalue weighted by Crippen LogP contribution is 2.38. The molecule has 0 radical (unpaired) electrons. The van der Waals surface area contributed by atoms with Gasteiger partial charge in [0.1, 0.15) is 24.8 Å². The molecular weight excluding hydrogens is 546 g/mol. The van der Waals surface area contributed by atoms with Crippen LogP contribution in [0.2, 0.25) is 0 Å². The van der Waals surface area contributed by atoms with E-state index in [1.54, 1.807) is 6.07 Å². The van der Waals surface area contributed by atoms with Crippen molar-refractivity contribution in [1.29, 1.82) is 0 Å². The van der Waals surface area contributed by atoms with E-state index < -0.39 is 16.0 Å². The summed E-state index contributed by atoms with van der Waals surface area (Å²) in [6.45, 7) is 0.231. The predicted octanol–water partition coefficient (Wildman–Crippen LogP) is 5.02. The molecule has 6 nitrogen and oxygen atoms in total. The quantitative estimate of drug-likeness (QED) is 0.360. The number of anilines is 1. The molecule has 3 aromatic rings. The molecule has 1 aliphatic heterocycles. The number of rotatable bonds is 8. The Morgan fingerprint density at radius 3 is 2.16 bits per heavy atom. The lowest BCUT2D eigenvalue weighted by Gasteiger charge is -2.23. The smallest absolute Gasteiger partial charge is 0.332 e. The van der Waals surface area contributed by atoms with Crippen LogP contribution in [-0.4, -0.2) is 19.5 Å². The molecule has 166 valence electrons. The molecule has 32 heavy (non-hydrogen) atoms. The van der Waals surface area contributed by atoms with E-state index in [1.807, 2.05) is 83.3 Å². The van der Waals surface area contributed by atoms with Gasteiger partial charge >= 0.3 is 10.2 Å². The van der Waals surface area contributed by atoms with E-state index in [1.165, 1.54) is 18.5 Å². The lowest BCUT2D eigenvalue weighted by Crippen LogP contribution is -2.34. The fourth-order valence-electron chi connectivity index (χ4n) is 3.13. The van der Waals surface area contributed by atoms with Crippen molar-refractivity contribution in [2.75, 3.05) is 11.0 Å². The van der Waals surface area contributed by atoms with Gasteiger partial charge in [0.05, 0.1) is 6.61 Å². The number of benzene rings is 3. The highest BCUT2D eigenvalue weighted by Gasteiger charge is 2.35. The number of ether oxygens (including phenoxy) is 2. The second kappa shape index (κ2) is 9.88. The first-order valence-corrected chi connectivity index (χ1v) is 12.2. The summed E-state index contributed by atoms with van der Waals surface area (Å²) >= 11 is 1.97. The minimum absolute atomic E-state index is 0.138. The highest BCUT2D eigenvalue weighted by molar-refractivity contribution is 14.1. The fourth-order valence-corrected chi connectivity index (χ4v) is 4.94. The Hall–Kier alpha value is -2.63. The lowest BCUT2D eigenvalue weighted by atomic mass is 10.2. The Morgan fingerprint density at radius 1 is 0.875 bits per heavy atom. The maximum absolute atomic E-state index is 15.0. The number of halogens is 2. The summed E-state index contributed by atoms with van der Waals surface area (Å²) in [5.74, 6) is -0.557. The molecule has 0 bridgehead atoms. The molecule has 0 unspecified atom stereocenters. The molecule has 0 fully saturated rings. The summed E-state index contributed by atoms with van der Waals surface area (Å²) in [5, 5.41) is 0. The van der Waals surface area contributed by atoms with Gasteiger partial charge in [0.25, 0.3) is 0 Å². The van der Waals surface area contributed by atoms with Crippen LogP contribution in [0.25, 0.3) is 0 Å². The first-order chi connectivity index (χ1) is 15.4. The maximum atomic E-state index is 15.0. The normalized spacial score (nSPS) is 14.7. The van der Waals surface area contributed by atoms with Gasteiger partial charge in [-0.3, -0.25) is 0 Å². The molecule has 0 aliphatic carbocycles. The molecular formula is C23H20FIN2O4S. The molecule has 0 spiro atoms. The first-order valence-electron chi connectivity index (χ1n) is 9.72. The van der Waals surface area contributed by atoms with Gasteiger partial charge in [-0.15, -0.1) is 0 Å². The van der Waals surface area contributed by atoms with Crippen LogP contribution < -0.4 is 9.04 Å². The molecule has 0 N–H and O–H groups in total. The van der Waals surface area contributed by atoms with E-state index in [0.717, 1.165) is 19.7 Å². The van der Waals surface area contributed by atoms with Crippen LogP contribution in [0.3, 0.4) is 0 Å². The van der Waals surface area contributed by atoms with E-state index in [0.29, 0.717) is 3.57 Å². The van der Waals surface area contributed by atoms with Crippen LogP contribution >= 0.6 is 22.6 Å². The van der Waals surface area contributed by atoms with Crippen molar-refractivity contribution in [3.8, 4) is 5.75 Å². The van der Waals surface area contributed by atoms with Gasteiger partial charge in [0.15, 0.2) is 5.82 Å². The van der Waals surface area contributed by atoms with Crippen LogP contribution in [0.5, 0.6) is 5.75 Å². The minimum Gasteiger partial charge on any atom is -0.487 e. The van der Waals surface area contributed by atoms with Crippen molar-refractivity contribution in [3.63, 3.8) is 0 Å². The Kier molecular flexibility index (Phi) is 6.97. The van der Waals surface area contributed by atoms with E-state index in [-0.39, 0.29) is 31.4 Å². The molecule has 0 atom stereocenters. The van der Waals surface area contributed by atoms with Gasteiger partial charge in [0.2, 0.25) is 0 Å². The average molecular weight is 566 g/mol. The third-order valence-electron chi connectivity index (χ3n) is 4.69. The van der Waals surface area contributed by atoms with Crippen molar-refractivity contribution in [3.05, 3.63) is 106 Å². The van der Waals surface area contributed by atoms with Crippen LogP contribution in [0.15, 0.2) is 85.2 Å². The third kappa shape index (κ3) is 5.05. The van der Waals surface area contributed by atoms with E-state index in [2.05, 4.69) is 0 Å². The van der Waals surface area contributed by atoms with Gasteiger partial charge < -0.3 is 9.47 Å².